The molecular weight excluding hydrogens is 192 g/mol. The Balaban J connectivity index is 2.54. The van der Waals surface area contributed by atoms with Gasteiger partial charge in [-0.15, -0.1) is 0 Å². The zero-order valence-corrected chi connectivity index (χ0v) is 8.83. The van der Waals surface area contributed by atoms with Crippen molar-refractivity contribution in [3.8, 4) is 0 Å². The smallest absolute Gasteiger partial charge is 0.331 e. The largest absolute Gasteiger partial charge is 0.458 e. The third-order valence-electron chi connectivity index (χ3n) is 1.68. The van der Waals surface area contributed by atoms with E-state index in [4.69, 9.17) is 4.74 Å². The van der Waals surface area contributed by atoms with E-state index in [1.54, 1.807) is 27.7 Å². The Morgan fingerprint density at radius 2 is 2.50 bits per heavy atom. The van der Waals surface area contributed by atoms with Gasteiger partial charge in [0.15, 0.2) is 0 Å². The van der Waals surface area contributed by atoms with Gasteiger partial charge in [-0.1, -0.05) is 28.5 Å². The molecule has 1 aliphatic rings. The van der Waals surface area contributed by atoms with Crippen LogP contribution in [0.5, 0.6) is 0 Å². The highest BCUT2D eigenvalue weighted by atomic mass is 33.1. The third kappa shape index (κ3) is 2.45. The molecule has 0 aromatic heterocycles. The van der Waals surface area contributed by atoms with Crippen LogP contribution in [0.25, 0.3) is 0 Å². The van der Waals surface area contributed by atoms with Crippen molar-refractivity contribution in [2.45, 2.75) is 18.6 Å². The Labute approximate surface area is 80.5 Å². The Bertz CT molecular complexity index is 201. The zero-order chi connectivity index (χ0) is 8.97. The average molecular weight is 204 g/mol. The normalized spacial score (nSPS) is 18.8. The summed E-state index contributed by atoms with van der Waals surface area (Å²) < 4.78 is 4.84. The molecule has 68 valence electrons. The van der Waals surface area contributed by atoms with E-state index in [-0.39, 0.29) is 5.97 Å². The molecule has 12 heavy (non-hydrogen) atoms. The van der Waals surface area contributed by atoms with Gasteiger partial charge in [0.05, 0.1) is 0 Å². The van der Waals surface area contributed by atoms with E-state index in [1.165, 1.54) is 0 Å². The fourth-order valence-corrected chi connectivity index (χ4v) is 3.19. The van der Waals surface area contributed by atoms with Gasteiger partial charge in [-0.2, -0.15) is 0 Å². The van der Waals surface area contributed by atoms with Gasteiger partial charge in [0, 0.05) is 11.3 Å². The van der Waals surface area contributed by atoms with Gasteiger partial charge in [-0.3, -0.25) is 0 Å². The van der Waals surface area contributed by atoms with Crippen molar-refractivity contribution in [1.29, 1.82) is 0 Å². The van der Waals surface area contributed by atoms with E-state index < -0.39 is 0 Å². The van der Waals surface area contributed by atoms with Crippen LogP contribution in [0.3, 0.4) is 0 Å². The van der Waals surface area contributed by atoms with E-state index in [9.17, 15) is 4.79 Å². The van der Waals surface area contributed by atoms with Crippen LogP contribution in [0.4, 0.5) is 0 Å². The topological polar surface area (TPSA) is 26.3 Å². The molecule has 2 nitrogen and oxygen atoms in total. The molecule has 0 aliphatic carbocycles. The predicted octanol–water partition coefficient (Wildman–Crippen LogP) is 2.26. The summed E-state index contributed by atoms with van der Waals surface area (Å²) in [4.78, 5) is 10.8. The molecule has 0 spiro atoms. The first kappa shape index (κ1) is 9.99. The Morgan fingerprint density at radius 3 is 2.92 bits per heavy atom. The summed E-state index contributed by atoms with van der Waals surface area (Å²) in [5, 5.41) is 0.437. The minimum absolute atomic E-state index is 0.190. The molecular formula is C8H12O2S2. The summed E-state index contributed by atoms with van der Waals surface area (Å²) in [6, 6.07) is 0. The quantitative estimate of drug-likeness (QED) is 0.518. The second-order valence-corrected chi connectivity index (χ2v) is 5.16. The molecule has 1 rings (SSSR count). The molecule has 0 aromatic carbocycles. The van der Waals surface area contributed by atoms with Gasteiger partial charge >= 0.3 is 5.97 Å². The third-order valence-corrected chi connectivity index (χ3v) is 4.02. The lowest BCUT2D eigenvalue weighted by molar-refractivity contribution is -0.134. The summed E-state index contributed by atoms with van der Waals surface area (Å²) >= 11 is 0. The minimum Gasteiger partial charge on any atom is -0.458 e. The van der Waals surface area contributed by atoms with Crippen LogP contribution in [-0.2, 0) is 9.53 Å². The lowest BCUT2D eigenvalue weighted by atomic mass is 10.1. The molecule has 0 bridgehead atoms. The summed E-state index contributed by atoms with van der Waals surface area (Å²) in [5.74, 6) is -0.190. The second-order valence-electron chi connectivity index (χ2n) is 2.49. The number of hydrogen-bond donors (Lipinski definition) is 0. The van der Waals surface area contributed by atoms with E-state index in [1.807, 2.05) is 6.26 Å². The molecule has 4 heteroatoms. The van der Waals surface area contributed by atoms with Crippen LogP contribution < -0.4 is 0 Å². The number of cyclic esters (lactones) is 1. The Hall–Kier alpha value is -0.0900. The molecule has 0 aromatic rings. The van der Waals surface area contributed by atoms with Crippen LogP contribution in [-0.4, -0.2) is 24.1 Å². The van der Waals surface area contributed by atoms with Crippen molar-refractivity contribution in [3.63, 3.8) is 0 Å². The monoisotopic (exact) mass is 204 g/mol. The number of rotatable bonds is 4. The summed E-state index contributed by atoms with van der Waals surface area (Å²) in [6.07, 6.45) is 4.72. The van der Waals surface area contributed by atoms with Gasteiger partial charge in [-0.25, -0.2) is 4.79 Å². The maximum absolute atomic E-state index is 10.8. The maximum Gasteiger partial charge on any atom is 0.331 e. The number of ether oxygens (including phenoxy) is 1. The molecule has 0 amide bonds. The standard InChI is InChI=1S/C8H12O2S2/c1-3-7(12-11-2)6-4-8(9)10-5-6/h4,7H,3,5H2,1-2H3. The minimum atomic E-state index is -0.190. The Morgan fingerprint density at radius 1 is 1.75 bits per heavy atom. The van der Waals surface area contributed by atoms with Crippen molar-refractivity contribution in [3.05, 3.63) is 11.6 Å². The van der Waals surface area contributed by atoms with Gasteiger partial charge in [-0.05, 0) is 18.2 Å². The lowest BCUT2D eigenvalue weighted by Gasteiger charge is -2.11. The van der Waals surface area contributed by atoms with Crippen LogP contribution >= 0.6 is 21.6 Å². The van der Waals surface area contributed by atoms with Gasteiger partial charge < -0.3 is 4.74 Å². The van der Waals surface area contributed by atoms with E-state index in [0.29, 0.717) is 11.9 Å². The van der Waals surface area contributed by atoms with E-state index in [2.05, 4.69) is 6.92 Å². The molecule has 0 radical (unpaired) electrons. The molecule has 1 atom stereocenters. The molecule has 1 aliphatic heterocycles. The second kappa shape index (κ2) is 4.82. The highest BCUT2D eigenvalue weighted by molar-refractivity contribution is 8.76. The fraction of sp³-hybridized carbons (Fsp3) is 0.625. The van der Waals surface area contributed by atoms with E-state index in [0.717, 1.165) is 12.0 Å². The van der Waals surface area contributed by atoms with Gasteiger partial charge in [0.1, 0.15) is 6.61 Å². The number of hydrogen-bond acceptors (Lipinski definition) is 4. The highest BCUT2D eigenvalue weighted by Gasteiger charge is 2.20. The molecule has 1 heterocycles. The maximum atomic E-state index is 10.8. The number of carbonyl (C=O) groups excluding carboxylic acids is 1. The molecule has 1 unspecified atom stereocenters. The predicted molar refractivity (Wildman–Crippen MR) is 54.2 cm³/mol. The Kier molecular flexibility index (Phi) is 4.01. The lowest BCUT2D eigenvalue weighted by Crippen LogP contribution is -2.05. The van der Waals surface area contributed by atoms with Crippen LogP contribution in [0.15, 0.2) is 11.6 Å². The summed E-state index contributed by atoms with van der Waals surface area (Å²) in [6.45, 7) is 2.61. The zero-order valence-electron chi connectivity index (χ0n) is 7.20. The highest BCUT2D eigenvalue weighted by Crippen LogP contribution is 2.32. The van der Waals surface area contributed by atoms with Gasteiger partial charge in [0.2, 0.25) is 0 Å². The molecule has 0 N–H and O–H groups in total. The molecule has 0 saturated carbocycles. The first-order valence-corrected chi connectivity index (χ1v) is 6.46. The SMILES string of the molecule is CCC(SSC)C1=CC(=O)OC1. The van der Waals surface area contributed by atoms with Crippen LogP contribution in [0.1, 0.15) is 13.3 Å². The molecule has 0 fully saturated rings. The molecule has 0 saturated heterocycles. The van der Waals surface area contributed by atoms with Crippen molar-refractivity contribution in [1.82, 2.24) is 0 Å². The van der Waals surface area contributed by atoms with Crippen molar-refractivity contribution < 1.29 is 9.53 Å². The van der Waals surface area contributed by atoms with Gasteiger partial charge in [0.25, 0.3) is 0 Å². The van der Waals surface area contributed by atoms with E-state index >= 15 is 0 Å². The van der Waals surface area contributed by atoms with Crippen LogP contribution in [0.2, 0.25) is 0 Å². The van der Waals surface area contributed by atoms with Crippen molar-refractivity contribution in [2.24, 2.45) is 0 Å². The average Bonchev–Trinajstić information content (AvgIpc) is 2.47. The summed E-state index contributed by atoms with van der Waals surface area (Å²) in [5.41, 5.74) is 1.13. The number of carbonyl (C=O) groups is 1. The van der Waals surface area contributed by atoms with Crippen molar-refractivity contribution >= 4 is 27.6 Å². The van der Waals surface area contributed by atoms with Crippen LogP contribution in [0, 0.1) is 0 Å². The summed E-state index contributed by atoms with van der Waals surface area (Å²) in [7, 11) is 3.52. The van der Waals surface area contributed by atoms with Crippen molar-refractivity contribution in [2.75, 3.05) is 12.9 Å². The first-order valence-electron chi connectivity index (χ1n) is 3.84. The first-order chi connectivity index (χ1) is 5.77. The number of esters is 1. The fourth-order valence-electron chi connectivity index (χ4n) is 1.08.